The molecule has 0 aliphatic carbocycles. The monoisotopic (exact) mass is 413 g/mol. The summed E-state index contributed by atoms with van der Waals surface area (Å²) in [5.74, 6) is 0. The Morgan fingerprint density at radius 3 is 2.69 bits per heavy atom. The van der Waals surface area contributed by atoms with Crippen LogP contribution in [0.4, 0.5) is 4.79 Å². The lowest BCUT2D eigenvalue weighted by Gasteiger charge is -2.25. The predicted octanol–water partition coefficient (Wildman–Crippen LogP) is 5.35. The highest BCUT2D eigenvalue weighted by Crippen LogP contribution is 2.37. The minimum atomic E-state index is -0.0399. The molecule has 2 heterocycles. The summed E-state index contributed by atoms with van der Waals surface area (Å²) in [6.07, 6.45) is 0.902. The average molecular weight is 414 g/mol. The zero-order chi connectivity index (χ0) is 20.8. The quantitative estimate of drug-likeness (QED) is 0.514. The minimum absolute atomic E-state index is 0.0399. The van der Waals surface area contributed by atoms with E-state index in [1.165, 1.54) is 27.0 Å². The molecule has 0 fully saturated rings. The van der Waals surface area contributed by atoms with Crippen molar-refractivity contribution in [2.75, 3.05) is 20.3 Å². The van der Waals surface area contributed by atoms with Crippen LogP contribution in [0.2, 0.25) is 0 Å². The van der Waals surface area contributed by atoms with E-state index in [-0.39, 0.29) is 12.1 Å². The van der Waals surface area contributed by atoms with Gasteiger partial charge in [-0.3, -0.25) is 0 Å². The highest BCUT2D eigenvalue weighted by atomic mass is 32.1. The highest BCUT2D eigenvalue weighted by Gasteiger charge is 2.23. The Kier molecular flexibility index (Phi) is 7.34. The number of aryl methyl sites for hydroxylation is 1. The van der Waals surface area contributed by atoms with Gasteiger partial charge >= 0.3 is 6.03 Å². The zero-order valence-electron chi connectivity index (χ0n) is 17.8. The molecular weight excluding hydrogens is 382 g/mol. The summed E-state index contributed by atoms with van der Waals surface area (Å²) in [6, 6.07) is 12.8. The molecule has 6 heteroatoms. The van der Waals surface area contributed by atoms with Crippen molar-refractivity contribution in [3.05, 3.63) is 47.3 Å². The van der Waals surface area contributed by atoms with Crippen LogP contribution in [0.5, 0.6) is 0 Å². The molecule has 1 aromatic carbocycles. The van der Waals surface area contributed by atoms with Gasteiger partial charge in [0.15, 0.2) is 0 Å². The van der Waals surface area contributed by atoms with Crippen LogP contribution >= 0.6 is 11.3 Å². The Bertz CT molecular complexity index is 933. The predicted molar refractivity (Wildman–Crippen MR) is 121 cm³/mol. The highest BCUT2D eigenvalue weighted by molar-refractivity contribution is 7.13. The van der Waals surface area contributed by atoms with Crippen LogP contribution < -0.4 is 5.32 Å². The van der Waals surface area contributed by atoms with E-state index in [0.29, 0.717) is 19.7 Å². The van der Waals surface area contributed by atoms with E-state index in [1.54, 1.807) is 18.4 Å². The minimum Gasteiger partial charge on any atom is -0.383 e. The molecule has 0 saturated heterocycles. The van der Waals surface area contributed by atoms with E-state index in [9.17, 15) is 4.79 Å². The molecule has 156 valence electrons. The number of fused-ring (bicyclic) bond motifs is 1. The number of nitrogens with zero attached hydrogens (tertiary/aromatic N) is 2. The Morgan fingerprint density at radius 1 is 1.24 bits per heavy atom. The van der Waals surface area contributed by atoms with Crippen molar-refractivity contribution in [3.63, 3.8) is 0 Å². The molecule has 2 amide bonds. The number of nitrogens with one attached hydrogen (secondary N) is 1. The third kappa shape index (κ3) is 4.65. The number of ether oxygens (including phenoxy) is 1. The number of hydrogen-bond donors (Lipinski definition) is 1. The van der Waals surface area contributed by atoms with Crippen LogP contribution in [-0.4, -0.2) is 41.8 Å². The van der Waals surface area contributed by atoms with Crippen molar-refractivity contribution < 1.29 is 9.53 Å². The van der Waals surface area contributed by atoms with E-state index in [1.807, 2.05) is 11.8 Å². The maximum Gasteiger partial charge on any atom is 0.317 e. The summed E-state index contributed by atoms with van der Waals surface area (Å²) in [4.78, 5) is 16.1. The normalized spacial score (nSPS) is 12.3. The van der Waals surface area contributed by atoms with Gasteiger partial charge in [-0.25, -0.2) is 4.79 Å². The first-order chi connectivity index (χ1) is 14.1. The molecule has 3 aromatic rings. The van der Waals surface area contributed by atoms with Gasteiger partial charge in [0.1, 0.15) is 0 Å². The molecule has 0 aliphatic rings. The molecule has 0 saturated carbocycles. The van der Waals surface area contributed by atoms with Crippen LogP contribution in [0.15, 0.2) is 41.8 Å². The Balaban J connectivity index is 2.06. The van der Waals surface area contributed by atoms with Gasteiger partial charge in [0, 0.05) is 42.7 Å². The maximum absolute atomic E-state index is 13.0. The molecule has 3 rings (SSSR count). The fraction of sp³-hybridized carbons (Fsp3) is 0.435. The van der Waals surface area contributed by atoms with Crippen molar-refractivity contribution in [1.29, 1.82) is 0 Å². The topological polar surface area (TPSA) is 46.5 Å². The Morgan fingerprint density at radius 2 is 2.03 bits per heavy atom. The molecule has 0 bridgehead atoms. The Labute approximate surface area is 177 Å². The van der Waals surface area contributed by atoms with E-state index < -0.39 is 0 Å². The summed E-state index contributed by atoms with van der Waals surface area (Å²) in [6.45, 7) is 8.77. The first-order valence-electron chi connectivity index (χ1n) is 10.3. The molecule has 29 heavy (non-hydrogen) atoms. The van der Waals surface area contributed by atoms with Crippen LogP contribution in [0.25, 0.3) is 21.5 Å². The SMILES string of the molecule is CCC(C)NC(=O)N(CCOC)Cc1c(-c2cccs2)n(CC)c2ccccc12. The summed E-state index contributed by atoms with van der Waals surface area (Å²) >= 11 is 1.74. The van der Waals surface area contributed by atoms with E-state index in [0.717, 1.165) is 13.0 Å². The van der Waals surface area contributed by atoms with Gasteiger partial charge in [-0.15, -0.1) is 11.3 Å². The number of carbonyl (C=O) groups is 1. The van der Waals surface area contributed by atoms with Gasteiger partial charge in [0.2, 0.25) is 0 Å². The van der Waals surface area contributed by atoms with E-state index >= 15 is 0 Å². The molecule has 0 aliphatic heterocycles. The second-order valence-corrected chi connectivity index (χ2v) is 8.19. The number of thiophene rings is 1. The second-order valence-electron chi connectivity index (χ2n) is 7.24. The van der Waals surface area contributed by atoms with Crippen molar-refractivity contribution in [2.45, 2.75) is 46.3 Å². The molecule has 1 unspecified atom stereocenters. The number of urea groups is 1. The van der Waals surface area contributed by atoms with Gasteiger partial charge in [-0.05, 0) is 37.8 Å². The van der Waals surface area contributed by atoms with Gasteiger partial charge in [0.05, 0.1) is 23.7 Å². The number of hydrogen-bond acceptors (Lipinski definition) is 3. The maximum atomic E-state index is 13.0. The van der Waals surface area contributed by atoms with Crippen LogP contribution in [0.3, 0.4) is 0 Å². The smallest absolute Gasteiger partial charge is 0.317 e. The number of rotatable bonds is 9. The fourth-order valence-electron chi connectivity index (χ4n) is 3.61. The molecule has 1 atom stereocenters. The van der Waals surface area contributed by atoms with Gasteiger partial charge in [-0.2, -0.15) is 0 Å². The Hall–Kier alpha value is -2.31. The molecule has 1 N–H and O–H groups in total. The summed E-state index contributed by atoms with van der Waals surface area (Å²) in [7, 11) is 1.67. The number of aromatic nitrogens is 1. The first-order valence-corrected chi connectivity index (χ1v) is 11.2. The molecule has 2 aromatic heterocycles. The standard InChI is InChI=1S/C23H31N3O2S/c1-5-17(3)24-23(27)25(13-14-28-4)16-19-18-10-7-8-11-20(18)26(6-2)22(19)21-12-9-15-29-21/h7-12,15,17H,5-6,13-14,16H2,1-4H3,(H,24,27). The molecule has 0 spiro atoms. The number of benzene rings is 1. The van der Waals surface area contributed by atoms with Crippen molar-refractivity contribution in [3.8, 4) is 10.6 Å². The lowest BCUT2D eigenvalue weighted by Crippen LogP contribution is -2.44. The summed E-state index contributed by atoms with van der Waals surface area (Å²) in [5, 5.41) is 6.42. The van der Waals surface area contributed by atoms with Crippen LogP contribution in [0.1, 0.15) is 32.8 Å². The molecule has 0 radical (unpaired) electrons. The van der Waals surface area contributed by atoms with Crippen LogP contribution in [0, 0.1) is 0 Å². The van der Waals surface area contributed by atoms with Crippen molar-refractivity contribution >= 4 is 28.3 Å². The largest absolute Gasteiger partial charge is 0.383 e. The lowest BCUT2D eigenvalue weighted by molar-refractivity contribution is 0.145. The zero-order valence-corrected chi connectivity index (χ0v) is 18.6. The van der Waals surface area contributed by atoms with Gasteiger partial charge in [-0.1, -0.05) is 31.2 Å². The van der Waals surface area contributed by atoms with Crippen LogP contribution in [-0.2, 0) is 17.8 Å². The second kappa shape index (κ2) is 9.94. The third-order valence-corrected chi connectivity index (χ3v) is 6.21. The van der Waals surface area contributed by atoms with Crippen molar-refractivity contribution in [1.82, 2.24) is 14.8 Å². The lowest BCUT2D eigenvalue weighted by atomic mass is 10.1. The fourth-order valence-corrected chi connectivity index (χ4v) is 4.41. The number of carbonyl (C=O) groups excluding carboxylic acids is 1. The summed E-state index contributed by atoms with van der Waals surface area (Å²) < 4.78 is 7.64. The number of methoxy groups -OCH3 is 1. The van der Waals surface area contributed by atoms with E-state index in [4.69, 9.17) is 4.74 Å². The summed E-state index contributed by atoms with van der Waals surface area (Å²) in [5.41, 5.74) is 3.62. The van der Waals surface area contributed by atoms with Crippen molar-refractivity contribution in [2.24, 2.45) is 0 Å². The number of amides is 2. The first kappa shape index (κ1) is 21.4. The number of para-hydroxylation sites is 1. The van der Waals surface area contributed by atoms with Gasteiger partial charge in [0.25, 0.3) is 0 Å². The molecular formula is C23H31N3O2S. The van der Waals surface area contributed by atoms with E-state index in [2.05, 4.69) is 65.5 Å². The third-order valence-electron chi connectivity index (χ3n) is 5.33. The average Bonchev–Trinajstić information content (AvgIpc) is 3.36. The molecule has 5 nitrogen and oxygen atoms in total. The van der Waals surface area contributed by atoms with Gasteiger partial charge < -0.3 is 19.5 Å².